The summed E-state index contributed by atoms with van der Waals surface area (Å²) in [6, 6.07) is 1.51. The average molecular weight is 333 g/mol. The molecule has 0 spiro atoms. The molecule has 6 nitrogen and oxygen atoms in total. The third kappa shape index (κ3) is 4.90. The molecule has 1 atom stereocenters. The van der Waals surface area contributed by atoms with Gasteiger partial charge in [-0.1, -0.05) is 0 Å². The lowest BCUT2D eigenvalue weighted by Crippen LogP contribution is -2.23. The van der Waals surface area contributed by atoms with Crippen LogP contribution in [-0.4, -0.2) is 34.9 Å². The Bertz CT molecular complexity index is 527. The van der Waals surface area contributed by atoms with Gasteiger partial charge in [0.25, 0.3) is 0 Å². The zero-order chi connectivity index (χ0) is 16.2. The molecule has 1 rings (SSSR count). The second-order valence-corrected chi connectivity index (χ2v) is 4.08. The van der Waals surface area contributed by atoms with Gasteiger partial charge in [-0.15, -0.1) is 24.8 Å². The Morgan fingerprint density at radius 2 is 2.10 bits per heavy atom. The van der Waals surface area contributed by atoms with Crippen LogP contribution in [0.2, 0.25) is 0 Å². The van der Waals surface area contributed by atoms with Crippen LogP contribution in [-0.2, 0) is 0 Å². The second-order valence-electron chi connectivity index (χ2n) is 3.77. The zero-order valence-electron chi connectivity index (χ0n) is 10.2. The van der Waals surface area contributed by atoms with E-state index in [0.717, 1.165) is 6.07 Å². The molecule has 0 fully saturated rings. The van der Waals surface area contributed by atoms with Gasteiger partial charge in [0, 0.05) is 12.6 Å². The van der Waals surface area contributed by atoms with E-state index >= 15 is 0 Å². The van der Waals surface area contributed by atoms with Gasteiger partial charge in [-0.05, 0) is 6.07 Å². The Kier molecular flexibility index (Phi) is 5.55. The standard InChI is InChI=1S/C10H9ClF4N2O4/c11-3-5(18)4-16-6-1-2-7(17(19)20)8(12)9(6)21-10(13,14)15/h1-2,5,16,18H,3-4H2. The van der Waals surface area contributed by atoms with Gasteiger partial charge in [0.2, 0.25) is 5.82 Å². The van der Waals surface area contributed by atoms with Crippen LogP contribution in [0.25, 0.3) is 0 Å². The van der Waals surface area contributed by atoms with Gasteiger partial charge < -0.3 is 15.2 Å². The van der Waals surface area contributed by atoms with E-state index < -0.39 is 40.3 Å². The predicted octanol–water partition coefficient (Wildman–Crippen LogP) is 2.64. The van der Waals surface area contributed by atoms with Crippen LogP contribution in [0, 0.1) is 15.9 Å². The molecule has 11 heteroatoms. The maximum atomic E-state index is 13.7. The molecule has 0 heterocycles. The Morgan fingerprint density at radius 1 is 1.48 bits per heavy atom. The molecule has 21 heavy (non-hydrogen) atoms. The Labute approximate surface area is 120 Å². The lowest BCUT2D eigenvalue weighted by atomic mass is 10.2. The molecule has 0 bridgehead atoms. The molecule has 118 valence electrons. The van der Waals surface area contributed by atoms with E-state index in [9.17, 15) is 32.8 Å². The maximum absolute atomic E-state index is 13.7. The van der Waals surface area contributed by atoms with Crippen molar-refractivity contribution < 1.29 is 32.3 Å². The monoisotopic (exact) mass is 332 g/mol. The molecule has 2 N–H and O–H groups in total. The fourth-order valence-electron chi connectivity index (χ4n) is 1.32. The van der Waals surface area contributed by atoms with E-state index in [1.54, 1.807) is 0 Å². The highest BCUT2D eigenvalue weighted by atomic mass is 35.5. The summed E-state index contributed by atoms with van der Waals surface area (Å²) in [5.41, 5.74) is -1.67. The average Bonchev–Trinajstić information content (AvgIpc) is 2.37. The number of aliphatic hydroxyl groups is 1. The fourth-order valence-corrected chi connectivity index (χ4v) is 1.43. The number of benzene rings is 1. The molecule has 1 aromatic carbocycles. The molecule has 0 amide bonds. The number of hydrogen-bond donors (Lipinski definition) is 2. The van der Waals surface area contributed by atoms with E-state index in [-0.39, 0.29) is 12.4 Å². The number of alkyl halides is 4. The molecular formula is C10H9ClF4N2O4. The van der Waals surface area contributed by atoms with Gasteiger partial charge in [0.1, 0.15) is 0 Å². The van der Waals surface area contributed by atoms with Gasteiger partial charge in [-0.3, -0.25) is 10.1 Å². The topological polar surface area (TPSA) is 84.6 Å². The minimum absolute atomic E-state index is 0.210. The largest absolute Gasteiger partial charge is 0.573 e. The van der Waals surface area contributed by atoms with Crippen molar-refractivity contribution in [3.05, 3.63) is 28.1 Å². The normalized spacial score (nSPS) is 12.9. The summed E-state index contributed by atoms with van der Waals surface area (Å²) in [7, 11) is 0. The first-order valence-corrected chi connectivity index (χ1v) is 5.89. The van der Waals surface area contributed by atoms with Crippen molar-refractivity contribution in [3.8, 4) is 5.75 Å². The van der Waals surface area contributed by atoms with Crippen molar-refractivity contribution >= 4 is 23.0 Å². The van der Waals surface area contributed by atoms with E-state index in [2.05, 4.69) is 10.1 Å². The maximum Gasteiger partial charge on any atom is 0.573 e. The fraction of sp³-hybridized carbons (Fsp3) is 0.400. The SMILES string of the molecule is O=[N+]([O-])c1ccc(NCC(O)CCl)c(OC(F)(F)F)c1F. The minimum atomic E-state index is -5.24. The Balaban J connectivity index is 3.17. The number of nitrogens with zero attached hydrogens (tertiary/aromatic N) is 1. The third-order valence-electron chi connectivity index (χ3n) is 2.20. The summed E-state index contributed by atoms with van der Waals surface area (Å²) in [4.78, 5) is 9.33. The van der Waals surface area contributed by atoms with Crippen LogP contribution >= 0.6 is 11.6 Å². The summed E-state index contributed by atoms with van der Waals surface area (Å²) in [5, 5.41) is 22.0. The van der Waals surface area contributed by atoms with Crippen LogP contribution in [0.5, 0.6) is 5.75 Å². The summed E-state index contributed by atoms with van der Waals surface area (Å²) < 4.78 is 53.9. The zero-order valence-corrected chi connectivity index (χ0v) is 10.9. The first-order chi connectivity index (χ1) is 9.65. The molecule has 1 aromatic rings. The number of rotatable bonds is 6. The van der Waals surface area contributed by atoms with Gasteiger partial charge in [0.05, 0.1) is 22.6 Å². The third-order valence-corrected chi connectivity index (χ3v) is 2.55. The molecule has 0 aliphatic carbocycles. The van der Waals surface area contributed by atoms with Gasteiger partial charge in [-0.25, -0.2) is 0 Å². The van der Waals surface area contributed by atoms with Crippen molar-refractivity contribution in [3.63, 3.8) is 0 Å². The van der Waals surface area contributed by atoms with E-state index in [0.29, 0.717) is 6.07 Å². The van der Waals surface area contributed by atoms with Crippen molar-refractivity contribution in [2.24, 2.45) is 0 Å². The first-order valence-electron chi connectivity index (χ1n) is 5.36. The minimum Gasteiger partial charge on any atom is -0.400 e. The van der Waals surface area contributed by atoms with E-state index in [1.807, 2.05) is 0 Å². The van der Waals surface area contributed by atoms with Crippen molar-refractivity contribution in [2.45, 2.75) is 12.5 Å². The second kappa shape index (κ2) is 6.76. The van der Waals surface area contributed by atoms with E-state index in [4.69, 9.17) is 11.6 Å². The number of nitrogens with one attached hydrogen (secondary N) is 1. The molecule has 0 aliphatic heterocycles. The molecule has 0 aromatic heterocycles. The number of nitro benzene ring substituents is 1. The first kappa shape index (κ1) is 17.2. The molecule has 0 aliphatic rings. The van der Waals surface area contributed by atoms with Gasteiger partial charge >= 0.3 is 12.0 Å². The predicted molar refractivity (Wildman–Crippen MR) is 65.0 cm³/mol. The van der Waals surface area contributed by atoms with Crippen LogP contribution in [0.1, 0.15) is 0 Å². The van der Waals surface area contributed by atoms with E-state index in [1.165, 1.54) is 0 Å². The van der Waals surface area contributed by atoms with Crippen molar-refractivity contribution in [2.75, 3.05) is 17.7 Å². The molecule has 0 saturated heterocycles. The number of hydrogen-bond acceptors (Lipinski definition) is 5. The number of ether oxygens (including phenoxy) is 1. The highest BCUT2D eigenvalue weighted by Crippen LogP contribution is 2.37. The summed E-state index contributed by atoms with van der Waals surface area (Å²) in [6.45, 7) is -0.297. The number of anilines is 1. The van der Waals surface area contributed by atoms with Crippen LogP contribution in [0.4, 0.5) is 28.9 Å². The highest BCUT2D eigenvalue weighted by molar-refractivity contribution is 6.18. The lowest BCUT2D eigenvalue weighted by molar-refractivity contribution is -0.387. The summed E-state index contributed by atoms with van der Waals surface area (Å²) in [6.07, 6.45) is -6.35. The number of aliphatic hydroxyl groups excluding tert-OH is 1. The van der Waals surface area contributed by atoms with Crippen molar-refractivity contribution in [1.82, 2.24) is 0 Å². The Hall–Kier alpha value is -1.81. The molecule has 0 radical (unpaired) electrons. The van der Waals surface area contributed by atoms with Gasteiger partial charge in [0.15, 0.2) is 5.75 Å². The summed E-state index contributed by atoms with van der Waals surface area (Å²) >= 11 is 5.30. The Morgan fingerprint density at radius 3 is 2.57 bits per heavy atom. The highest BCUT2D eigenvalue weighted by Gasteiger charge is 2.36. The number of nitro groups is 1. The molecule has 1 unspecified atom stereocenters. The van der Waals surface area contributed by atoms with Crippen LogP contribution in [0.3, 0.4) is 0 Å². The molecule has 0 saturated carbocycles. The summed E-state index contributed by atoms with van der Waals surface area (Å²) in [5.74, 6) is -3.36. The molecular weight excluding hydrogens is 324 g/mol. The van der Waals surface area contributed by atoms with Crippen LogP contribution < -0.4 is 10.1 Å². The van der Waals surface area contributed by atoms with Crippen molar-refractivity contribution in [1.29, 1.82) is 0 Å². The number of halogens is 5. The quantitative estimate of drug-likeness (QED) is 0.362. The smallest absolute Gasteiger partial charge is 0.400 e. The van der Waals surface area contributed by atoms with Crippen LogP contribution in [0.15, 0.2) is 12.1 Å². The van der Waals surface area contributed by atoms with Gasteiger partial charge in [-0.2, -0.15) is 4.39 Å². The lowest BCUT2D eigenvalue weighted by Gasteiger charge is -2.16.